The second-order valence-corrected chi connectivity index (χ2v) is 5.79. The molecule has 1 fully saturated rings. The summed E-state index contributed by atoms with van der Waals surface area (Å²) >= 11 is 0. The number of hydrogen-bond acceptors (Lipinski definition) is 4. The number of rotatable bonds is 5. The smallest absolute Gasteiger partial charge is 0.178 e. The van der Waals surface area contributed by atoms with Gasteiger partial charge in [0, 0.05) is 26.1 Å². The quantitative estimate of drug-likeness (QED) is 0.761. The molecule has 0 bridgehead atoms. The zero-order chi connectivity index (χ0) is 14.0. The minimum atomic E-state index is 0.0120. The highest BCUT2D eigenvalue weighted by molar-refractivity contribution is 5.92. The Kier molecular flexibility index (Phi) is 3.90. The summed E-state index contributed by atoms with van der Waals surface area (Å²) in [6.45, 7) is 2.54. The van der Waals surface area contributed by atoms with Crippen molar-refractivity contribution in [2.24, 2.45) is 0 Å². The van der Waals surface area contributed by atoms with E-state index in [2.05, 4.69) is 35.9 Å². The molecule has 104 valence electrons. The van der Waals surface area contributed by atoms with Crippen LogP contribution in [0.1, 0.15) is 36.7 Å². The number of pyridine rings is 1. The number of hydrogen-bond donors (Lipinski definition) is 0. The molecule has 1 heterocycles. The van der Waals surface area contributed by atoms with Gasteiger partial charge in [0.2, 0.25) is 0 Å². The first-order valence-corrected chi connectivity index (χ1v) is 6.80. The predicted octanol–water partition coefficient (Wildman–Crippen LogP) is 2.20. The summed E-state index contributed by atoms with van der Waals surface area (Å²) in [4.78, 5) is 20.0. The number of anilines is 1. The third-order valence-corrected chi connectivity index (χ3v) is 4.31. The summed E-state index contributed by atoms with van der Waals surface area (Å²) in [6.07, 6.45) is 5.61. The lowest BCUT2D eigenvalue weighted by Gasteiger charge is -2.49. The molecule has 1 saturated carbocycles. The van der Waals surface area contributed by atoms with Crippen molar-refractivity contribution < 1.29 is 4.79 Å². The number of ketones is 1. The Morgan fingerprint density at radius 1 is 1.32 bits per heavy atom. The highest BCUT2D eigenvalue weighted by Crippen LogP contribution is 2.37. The van der Waals surface area contributed by atoms with Gasteiger partial charge >= 0.3 is 0 Å². The van der Waals surface area contributed by atoms with Crippen LogP contribution in [0.5, 0.6) is 0 Å². The van der Waals surface area contributed by atoms with E-state index >= 15 is 0 Å². The molecule has 1 aliphatic rings. The monoisotopic (exact) mass is 261 g/mol. The van der Waals surface area contributed by atoms with Gasteiger partial charge in [-0.15, -0.1) is 0 Å². The van der Waals surface area contributed by atoms with Gasteiger partial charge in [0.25, 0.3) is 0 Å². The van der Waals surface area contributed by atoms with E-state index in [4.69, 9.17) is 0 Å². The van der Waals surface area contributed by atoms with E-state index in [0.29, 0.717) is 11.2 Å². The Hall–Kier alpha value is -1.42. The van der Waals surface area contributed by atoms with E-state index < -0.39 is 0 Å². The summed E-state index contributed by atoms with van der Waals surface area (Å²) in [5.41, 5.74) is 1.90. The van der Waals surface area contributed by atoms with Gasteiger partial charge in [-0.2, -0.15) is 0 Å². The van der Waals surface area contributed by atoms with Crippen molar-refractivity contribution in [1.29, 1.82) is 0 Å². The Morgan fingerprint density at radius 3 is 2.37 bits per heavy atom. The van der Waals surface area contributed by atoms with Gasteiger partial charge in [0.05, 0.1) is 11.9 Å². The van der Waals surface area contributed by atoms with Crippen molar-refractivity contribution in [2.75, 3.05) is 32.6 Å². The van der Waals surface area contributed by atoms with Gasteiger partial charge in [0.1, 0.15) is 5.69 Å². The van der Waals surface area contributed by atoms with Crippen LogP contribution in [0.15, 0.2) is 18.3 Å². The highest BCUT2D eigenvalue weighted by atomic mass is 16.1. The van der Waals surface area contributed by atoms with E-state index in [1.54, 1.807) is 19.2 Å². The first kappa shape index (κ1) is 14.0. The molecule has 0 spiro atoms. The van der Waals surface area contributed by atoms with Gasteiger partial charge in [-0.25, -0.2) is 0 Å². The molecule has 0 unspecified atom stereocenters. The molecular formula is C15H23N3O. The summed E-state index contributed by atoms with van der Waals surface area (Å²) in [7, 11) is 6.40. The fraction of sp³-hybridized carbons (Fsp3) is 0.600. The molecule has 2 rings (SSSR count). The molecule has 0 saturated heterocycles. The van der Waals surface area contributed by atoms with Gasteiger partial charge in [-0.1, -0.05) is 0 Å². The molecule has 0 aromatic carbocycles. The van der Waals surface area contributed by atoms with Crippen molar-refractivity contribution in [1.82, 2.24) is 9.88 Å². The molecule has 1 aromatic rings. The van der Waals surface area contributed by atoms with Crippen LogP contribution in [0, 0.1) is 0 Å². The summed E-state index contributed by atoms with van der Waals surface area (Å²) in [5, 5.41) is 0. The van der Waals surface area contributed by atoms with Crippen molar-refractivity contribution in [3.63, 3.8) is 0 Å². The molecule has 1 aromatic heterocycles. The van der Waals surface area contributed by atoms with E-state index in [0.717, 1.165) is 12.2 Å². The summed E-state index contributed by atoms with van der Waals surface area (Å²) < 4.78 is 0. The van der Waals surface area contributed by atoms with E-state index in [1.165, 1.54) is 19.3 Å². The Morgan fingerprint density at radius 2 is 2.00 bits per heavy atom. The fourth-order valence-electron chi connectivity index (χ4n) is 2.68. The van der Waals surface area contributed by atoms with Crippen LogP contribution in [0.3, 0.4) is 0 Å². The molecule has 19 heavy (non-hydrogen) atoms. The van der Waals surface area contributed by atoms with Crippen LogP contribution in [-0.4, -0.2) is 48.9 Å². The number of nitrogens with zero attached hydrogens (tertiary/aromatic N) is 3. The van der Waals surface area contributed by atoms with Crippen molar-refractivity contribution in [3.8, 4) is 0 Å². The minimum Gasteiger partial charge on any atom is -0.371 e. The number of likely N-dealkylation sites (N-methyl/N-ethyl adjacent to an activating group) is 2. The third kappa shape index (κ3) is 2.78. The molecule has 4 heteroatoms. The van der Waals surface area contributed by atoms with Crippen LogP contribution in [0.2, 0.25) is 0 Å². The number of aromatic nitrogens is 1. The Balaban J connectivity index is 2.07. The lowest BCUT2D eigenvalue weighted by molar-refractivity contribution is 0.0683. The van der Waals surface area contributed by atoms with E-state index in [1.807, 2.05) is 6.07 Å². The maximum absolute atomic E-state index is 11.2. The lowest BCUT2D eigenvalue weighted by atomic mass is 9.75. The normalized spacial score (nSPS) is 17.1. The number of Topliss-reactive ketones (excluding diaryl/α,β-unsaturated/α-hetero) is 1. The molecule has 0 N–H and O–H groups in total. The summed E-state index contributed by atoms with van der Waals surface area (Å²) in [6, 6.07) is 3.78. The fourth-order valence-corrected chi connectivity index (χ4v) is 2.68. The molecule has 0 amide bonds. The molecule has 0 aliphatic heterocycles. The lowest BCUT2D eigenvalue weighted by Crippen LogP contribution is -2.56. The third-order valence-electron chi connectivity index (χ3n) is 4.31. The first-order chi connectivity index (χ1) is 8.94. The van der Waals surface area contributed by atoms with Gasteiger partial charge in [-0.3, -0.25) is 9.78 Å². The topological polar surface area (TPSA) is 36.4 Å². The Labute approximate surface area is 115 Å². The average Bonchev–Trinajstić information content (AvgIpc) is 2.33. The maximum Gasteiger partial charge on any atom is 0.178 e. The number of carbonyl (C=O) groups excluding carboxylic acids is 1. The Bertz CT molecular complexity index is 449. The van der Waals surface area contributed by atoms with Crippen LogP contribution >= 0.6 is 0 Å². The molecular weight excluding hydrogens is 238 g/mol. The van der Waals surface area contributed by atoms with Crippen molar-refractivity contribution >= 4 is 11.5 Å². The average molecular weight is 261 g/mol. The molecule has 1 aliphatic carbocycles. The summed E-state index contributed by atoms with van der Waals surface area (Å²) in [5.74, 6) is 0.0120. The molecule has 4 nitrogen and oxygen atoms in total. The first-order valence-electron chi connectivity index (χ1n) is 6.80. The van der Waals surface area contributed by atoms with Crippen LogP contribution in [-0.2, 0) is 0 Å². The second kappa shape index (κ2) is 5.29. The van der Waals surface area contributed by atoms with E-state index in [-0.39, 0.29) is 5.78 Å². The molecule has 0 atom stereocenters. The van der Waals surface area contributed by atoms with Crippen molar-refractivity contribution in [2.45, 2.75) is 31.7 Å². The van der Waals surface area contributed by atoms with Crippen LogP contribution in [0.25, 0.3) is 0 Å². The zero-order valence-corrected chi connectivity index (χ0v) is 12.3. The highest BCUT2D eigenvalue weighted by Gasteiger charge is 2.39. The van der Waals surface area contributed by atoms with Crippen molar-refractivity contribution in [3.05, 3.63) is 24.0 Å². The second-order valence-electron chi connectivity index (χ2n) is 5.79. The van der Waals surface area contributed by atoms with Gasteiger partial charge in [-0.05, 0) is 45.5 Å². The zero-order valence-electron chi connectivity index (χ0n) is 12.3. The van der Waals surface area contributed by atoms with Gasteiger partial charge < -0.3 is 9.80 Å². The number of carbonyl (C=O) groups is 1. The van der Waals surface area contributed by atoms with Gasteiger partial charge in [0.15, 0.2) is 5.78 Å². The van der Waals surface area contributed by atoms with E-state index in [9.17, 15) is 4.79 Å². The predicted molar refractivity (Wildman–Crippen MR) is 77.8 cm³/mol. The van der Waals surface area contributed by atoms with Crippen LogP contribution in [0.4, 0.5) is 5.69 Å². The largest absolute Gasteiger partial charge is 0.371 e. The standard InChI is InChI=1S/C15H23N3O/c1-12(19)14-7-6-13(10-16-14)18(4)11-15(17(2)3)8-5-9-15/h6-7,10H,5,8-9,11H2,1-4H3. The minimum absolute atomic E-state index is 0.0120. The van der Waals surface area contributed by atoms with Crippen LogP contribution < -0.4 is 4.90 Å². The SMILES string of the molecule is CC(=O)c1ccc(N(C)CC2(N(C)C)CCC2)cn1. The molecule has 0 radical (unpaired) electrons. The maximum atomic E-state index is 11.2.